The van der Waals surface area contributed by atoms with Gasteiger partial charge in [0.2, 0.25) is 0 Å². The third-order valence-electron chi connectivity index (χ3n) is 3.25. The second-order valence-corrected chi connectivity index (χ2v) is 6.78. The first-order valence-corrected chi connectivity index (χ1v) is 8.19. The van der Waals surface area contributed by atoms with Crippen LogP contribution in [0.15, 0.2) is 0 Å². The summed E-state index contributed by atoms with van der Waals surface area (Å²) in [6.07, 6.45) is 5.96. The molecule has 1 unspecified atom stereocenters. The molecule has 1 fully saturated rings. The van der Waals surface area contributed by atoms with Crippen molar-refractivity contribution < 1.29 is 4.74 Å². The second kappa shape index (κ2) is 7.92. The molecule has 1 aromatic rings. The van der Waals surface area contributed by atoms with Crippen molar-refractivity contribution in [3.05, 3.63) is 10.0 Å². The van der Waals surface area contributed by atoms with Crippen molar-refractivity contribution >= 4 is 11.3 Å². The number of ether oxygens (including phenoxy) is 1. The zero-order valence-electron chi connectivity index (χ0n) is 12.0. The lowest BCUT2D eigenvalue weighted by Gasteiger charge is -2.21. The van der Waals surface area contributed by atoms with Gasteiger partial charge in [0.15, 0.2) is 0 Å². The van der Waals surface area contributed by atoms with E-state index in [1.54, 1.807) is 11.3 Å². The minimum Gasteiger partial charge on any atom is -0.378 e. The maximum absolute atomic E-state index is 5.74. The average molecular weight is 283 g/mol. The first kappa shape index (κ1) is 14.9. The van der Waals surface area contributed by atoms with Gasteiger partial charge in [-0.05, 0) is 31.7 Å². The molecule has 2 rings (SSSR count). The molecular formula is C14H25N3OS. The Bertz CT molecular complexity index is 361. The molecule has 0 amide bonds. The Morgan fingerprint density at radius 2 is 2.16 bits per heavy atom. The van der Waals surface area contributed by atoms with Gasteiger partial charge in [0.1, 0.15) is 10.0 Å². The summed E-state index contributed by atoms with van der Waals surface area (Å²) in [5.41, 5.74) is 0. The van der Waals surface area contributed by atoms with Gasteiger partial charge >= 0.3 is 0 Å². The highest BCUT2D eigenvalue weighted by molar-refractivity contribution is 7.11. The fourth-order valence-corrected chi connectivity index (χ4v) is 3.13. The maximum atomic E-state index is 5.74. The van der Waals surface area contributed by atoms with Crippen molar-refractivity contribution in [3.63, 3.8) is 0 Å². The second-order valence-electron chi connectivity index (χ2n) is 5.63. The van der Waals surface area contributed by atoms with Crippen LogP contribution in [0.2, 0.25) is 0 Å². The van der Waals surface area contributed by atoms with Gasteiger partial charge in [-0.3, -0.25) is 0 Å². The highest BCUT2D eigenvalue weighted by atomic mass is 32.1. The standard InChI is InChI=1S/C14H25N3OS/c1-11(2)10-15-7-6-13-16-17-14(19-13)9-12-5-3-4-8-18-12/h11-12,15H,3-10H2,1-2H3. The van der Waals surface area contributed by atoms with Gasteiger partial charge in [-0.1, -0.05) is 13.8 Å². The van der Waals surface area contributed by atoms with E-state index in [4.69, 9.17) is 4.74 Å². The van der Waals surface area contributed by atoms with Gasteiger partial charge in [-0.2, -0.15) is 0 Å². The molecule has 2 heterocycles. The summed E-state index contributed by atoms with van der Waals surface area (Å²) >= 11 is 1.74. The minimum absolute atomic E-state index is 0.369. The Morgan fingerprint density at radius 3 is 2.89 bits per heavy atom. The Kier molecular flexibility index (Phi) is 6.20. The molecule has 0 radical (unpaired) electrons. The highest BCUT2D eigenvalue weighted by Crippen LogP contribution is 2.19. The molecule has 5 heteroatoms. The number of nitrogens with zero attached hydrogens (tertiary/aromatic N) is 2. The van der Waals surface area contributed by atoms with Crippen LogP contribution in [-0.2, 0) is 17.6 Å². The number of aromatic nitrogens is 2. The van der Waals surface area contributed by atoms with Gasteiger partial charge in [-0.25, -0.2) is 0 Å². The number of rotatable bonds is 7. The van der Waals surface area contributed by atoms with Gasteiger partial charge in [0.25, 0.3) is 0 Å². The summed E-state index contributed by atoms with van der Waals surface area (Å²) in [4.78, 5) is 0. The molecule has 0 bridgehead atoms. The molecule has 0 saturated carbocycles. The lowest BCUT2D eigenvalue weighted by molar-refractivity contribution is 0.0167. The fraction of sp³-hybridized carbons (Fsp3) is 0.857. The molecule has 108 valence electrons. The van der Waals surface area contributed by atoms with E-state index < -0.39 is 0 Å². The van der Waals surface area contributed by atoms with E-state index in [1.807, 2.05) is 0 Å². The number of hydrogen-bond acceptors (Lipinski definition) is 5. The van der Waals surface area contributed by atoms with E-state index >= 15 is 0 Å². The monoisotopic (exact) mass is 283 g/mol. The van der Waals surface area contributed by atoms with E-state index in [0.29, 0.717) is 12.0 Å². The van der Waals surface area contributed by atoms with Crippen molar-refractivity contribution in [3.8, 4) is 0 Å². The molecule has 1 aliphatic rings. The molecule has 1 N–H and O–H groups in total. The molecule has 1 saturated heterocycles. The summed E-state index contributed by atoms with van der Waals surface area (Å²) in [5, 5.41) is 14.3. The SMILES string of the molecule is CC(C)CNCCc1nnc(CC2CCCCO2)s1. The molecule has 0 aromatic carbocycles. The quantitative estimate of drug-likeness (QED) is 0.781. The van der Waals surface area contributed by atoms with E-state index in [0.717, 1.165) is 42.6 Å². The van der Waals surface area contributed by atoms with Crippen LogP contribution in [0.4, 0.5) is 0 Å². The molecule has 1 aromatic heterocycles. The Hall–Kier alpha value is -0.520. The zero-order chi connectivity index (χ0) is 13.5. The van der Waals surface area contributed by atoms with E-state index in [9.17, 15) is 0 Å². The van der Waals surface area contributed by atoms with Gasteiger partial charge < -0.3 is 10.1 Å². The van der Waals surface area contributed by atoms with Crippen LogP contribution in [0.5, 0.6) is 0 Å². The Balaban J connectivity index is 1.69. The van der Waals surface area contributed by atoms with E-state index in [1.165, 1.54) is 19.3 Å². The van der Waals surface area contributed by atoms with Crippen molar-refractivity contribution in [2.45, 2.75) is 52.1 Å². The molecule has 0 spiro atoms. The van der Waals surface area contributed by atoms with Crippen LogP contribution in [0.1, 0.15) is 43.1 Å². The lowest BCUT2D eigenvalue weighted by Crippen LogP contribution is -2.22. The third kappa shape index (κ3) is 5.55. The van der Waals surface area contributed by atoms with E-state index in [2.05, 4.69) is 29.4 Å². The predicted octanol–water partition coefficient (Wildman–Crippen LogP) is 2.44. The largest absolute Gasteiger partial charge is 0.378 e. The smallest absolute Gasteiger partial charge is 0.120 e. The van der Waals surface area contributed by atoms with Crippen LogP contribution in [0, 0.1) is 5.92 Å². The van der Waals surface area contributed by atoms with Crippen LogP contribution in [-0.4, -0.2) is 36.0 Å². The van der Waals surface area contributed by atoms with Gasteiger partial charge in [0, 0.05) is 26.0 Å². The predicted molar refractivity (Wildman–Crippen MR) is 78.6 cm³/mol. The maximum Gasteiger partial charge on any atom is 0.120 e. The van der Waals surface area contributed by atoms with Gasteiger partial charge in [-0.15, -0.1) is 21.5 Å². The van der Waals surface area contributed by atoms with Crippen LogP contribution >= 0.6 is 11.3 Å². The molecule has 1 atom stereocenters. The summed E-state index contributed by atoms with van der Waals surface area (Å²) in [6.45, 7) is 7.42. The van der Waals surface area contributed by atoms with Crippen LogP contribution in [0.25, 0.3) is 0 Å². The average Bonchev–Trinajstić information content (AvgIpc) is 2.83. The molecule has 0 aliphatic carbocycles. The highest BCUT2D eigenvalue weighted by Gasteiger charge is 2.16. The van der Waals surface area contributed by atoms with Crippen LogP contribution in [0.3, 0.4) is 0 Å². The molecule has 1 aliphatic heterocycles. The van der Waals surface area contributed by atoms with Gasteiger partial charge in [0.05, 0.1) is 6.10 Å². The van der Waals surface area contributed by atoms with Crippen molar-refractivity contribution in [1.29, 1.82) is 0 Å². The fourth-order valence-electron chi connectivity index (χ4n) is 2.22. The summed E-state index contributed by atoms with van der Waals surface area (Å²) in [7, 11) is 0. The summed E-state index contributed by atoms with van der Waals surface area (Å²) < 4.78 is 5.74. The number of hydrogen-bond donors (Lipinski definition) is 1. The molecule has 19 heavy (non-hydrogen) atoms. The normalized spacial score (nSPS) is 20.1. The summed E-state index contributed by atoms with van der Waals surface area (Å²) in [5.74, 6) is 0.702. The van der Waals surface area contributed by atoms with E-state index in [-0.39, 0.29) is 0 Å². The topological polar surface area (TPSA) is 47.0 Å². The zero-order valence-corrected chi connectivity index (χ0v) is 12.8. The third-order valence-corrected chi connectivity index (χ3v) is 4.26. The molecular weight excluding hydrogens is 258 g/mol. The summed E-state index contributed by atoms with van der Waals surface area (Å²) in [6, 6.07) is 0. The Labute approximate surface area is 120 Å². The minimum atomic E-state index is 0.369. The molecule has 4 nitrogen and oxygen atoms in total. The lowest BCUT2D eigenvalue weighted by atomic mass is 10.1. The first-order chi connectivity index (χ1) is 9.24. The Morgan fingerprint density at radius 1 is 1.32 bits per heavy atom. The van der Waals surface area contributed by atoms with Crippen molar-refractivity contribution in [2.75, 3.05) is 19.7 Å². The first-order valence-electron chi connectivity index (χ1n) is 7.37. The van der Waals surface area contributed by atoms with Crippen molar-refractivity contribution in [1.82, 2.24) is 15.5 Å². The number of nitrogens with one attached hydrogen (secondary N) is 1. The van der Waals surface area contributed by atoms with Crippen molar-refractivity contribution in [2.24, 2.45) is 5.92 Å². The van der Waals surface area contributed by atoms with Crippen LogP contribution < -0.4 is 5.32 Å².